The summed E-state index contributed by atoms with van der Waals surface area (Å²) in [4.78, 5) is 29.3. The molecule has 0 amide bonds. The van der Waals surface area contributed by atoms with Gasteiger partial charge in [-0.25, -0.2) is 4.98 Å². The third-order valence-electron chi connectivity index (χ3n) is 4.93. The van der Waals surface area contributed by atoms with Gasteiger partial charge in [-0.2, -0.15) is 0 Å². The highest BCUT2D eigenvalue weighted by Crippen LogP contribution is 2.31. The van der Waals surface area contributed by atoms with Crippen molar-refractivity contribution in [2.24, 2.45) is 0 Å². The maximum Gasteiger partial charge on any atom is 0.159 e. The van der Waals surface area contributed by atoms with Crippen molar-refractivity contribution in [3.63, 3.8) is 0 Å². The molecule has 6 nitrogen and oxygen atoms in total. The van der Waals surface area contributed by atoms with Crippen LogP contribution in [-0.2, 0) is 0 Å². The Hall–Kier alpha value is -3.28. The molecule has 1 fully saturated rings. The van der Waals surface area contributed by atoms with Crippen LogP contribution in [0.5, 0.6) is 0 Å². The summed E-state index contributed by atoms with van der Waals surface area (Å²) in [6.07, 6.45) is 8.82. The van der Waals surface area contributed by atoms with E-state index in [0.29, 0.717) is 0 Å². The van der Waals surface area contributed by atoms with Crippen molar-refractivity contribution in [3.05, 3.63) is 78.5 Å². The molecule has 4 rings (SSSR count). The molecule has 3 aromatic rings. The average molecular weight is 359 g/mol. The Kier molecular flexibility index (Phi) is 4.78. The van der Waals surface area contributed by atoms with Gasteiger partial charge in [0.25, 0.3) is 0 Å². The second-order valence-electron chi connectivity index (χ2n) is 6.61. The Bertz CT molecular complexity index is 916. The highest BCUT2D eigenvalue weighted by Gasteiger charge is 2.30. The number of carbonyl (C=O) groups is 1. The summed E-state index contributed by atoms with van der Waals surface area (Å²) >= 11 is 0. The molecule has 1 aliphatic heterocycles. The monoisotopic (exact) mass is 359 g/mol. The highest BCUT2D eigenvalue weighted by atomic mass is 16.1. The molecule has 0 N–H and O–H groups in total. The molecule has 2 aromatic heterocycles. The molecular formula is C21H21N5O. The summed E-state index contributed by atoms with van der Waals surface area (Å²) in [5, 5.41) is 0. The molecule has 1 saturated heterocycles. The van der Waals surface area contributed by atoms with Crippen LogP contribution in [0.1, 0.15) is 28.9 Å². The average Bonchev–Trinajstić information content (AvgIpc) is 2.74. The van der Waals surface area contributed by atoms with Crippen LogP contribution in [0.25, 0.3) is 0 Å². The minimum absolute atomic E-state index is 0.0721. The second-order valence-corrected chi connectivity index (χ2v) is 6.61. The third kappa shape index (κ3) is 3.65. The van der Waals surface area contributed by atoms with E-state index in [-0.39, 0.29) is 11.8 Å². The minimum Gasteiger partial charge on any atom is -0.367 e. The number of aromatic nitrogens is 3. The van der Waals surface area contributed by atoms with Gasteiger partial charge in [0.15, 0.2) is 5.78 Å². The molecule has 136 valence electrons. The first kappa shape index (κ1) is 17.1. The SMILES string of the molecule is CC(=O)c1cccc(C2CN(c3ccncc3)CCN2c2cnccn2)c1. The van der Waals surface area contributed by atoms with E-state index in [9.17, 15) is 4.79 Å². The largest absolute Gasteiger partial charge is 0.367 e. The van der Waals surface area contributed by atoms with E-state index >= 15 is 0 Å². The molecule has 0 aliphatic carbocycles. The van der Waals surface area contributed by atoms with Gasteiger partial charge in [-0.05, 0) is 30.7 Å². The molecule has 1 aliphatic rings. The first-order valence-corrected chi connectivity index (χ1v) is 9.01. The van der Waals surface area contributed by atoms with E-state index in [1.165, 1.54) is 0 Å². The predicted molar refractivity (Wildman–Crippen MR) is 105 cm³/mol. The normalized spacial score (nSPS) is 17.0. The quantitative estimate of drug-likeness (QED) is 0.667. The molecule has 6 heteroatoms. The van der Waals surface area contributed by atoms with E-state index in [0.717, 1.165) is 42.3 Å². The molecule has 1 atom stereocenters. The number of nitrogens with zero attached hydrogens (tertiary/aromatic N) is 5. The van der Waals surface area contributed by atoms with Gasteiger partial charge in [-0.15, -0.1) is 0 Å². The number of hydrogen-bond acceptors (Lipinski definition) is 6. The molecule has 0 saturated carbocycles. The van der Waals surface area contributed by atoms with Crippen LogP contribution in [0.15, 0.2) is 67.4 Å². The van der Waals surface area contributed by atoms with Crippen molar-refractivity contribution in [2.75, 3.05) is 29.4 Å². The van der Waals surface area contributed by atoms with Gasteiger partial charge in [0.05, 0.1) is 12.2 Å². The fourth-order valence-corrected chi connectivity index (χ4v) is 3.54. The number of piperazine rings is 1. The number of Topliss-reactive ketones (excluding diaryl/α,β-unsaturated/α-hetero) is 1. The Labute approximate surface area is 158 Å². The van der Waals surface area contributed by atoms with E-state index in [4.69, 9.17) is 0 Å². The van der Waals surface area contributed by atoms with Gasteiger partial charge in [0.2, 0.25) is 0 Å². The minimum atomic E-state index is 0.0721. The first-order valence-electron chi connectivity index (χ1n) is 9.01. The number of rotatable bonds is 4. The Morgan fingerprint density at radius 3 is 2.63 bits per heavy atom. The van der Waals surface area contributed by atoms with Gasteiger partial charge in [-0.1, -0.05) is 18.2 Å². The number of ketones is 1. The maximum atomic E-state index is 11.9. The second kappa shape index (κ2) is 7.53. The lowest BCUT2D eigenvalue weighted by Crippen LogP contribution is -2.49. The summed E-state index contributed by atoms with van der Waals surface area (Å²) in [5.74, 6) is 0.926. The summed E-state index contributed by atoms with van der Waals surface area (Å²) < 4.78 is 0. The summed E-state index contributed by atoms with van der Waals surface area (Å²) in [6, 6.07) is 12.0. The molecule has 27 heavy (non-hydrogen) atoms. The van der Waals surface area contributed by atoms with Crippen LogP contribution in [0.4, 0.5) is 11.5 Å². The fourth-order valence-electron chi connectivity index (χ4n) is 3.54. The Morgan fingerprint density at radius 1 is 1.04 bits per heavy atom. The molecule has 1 unspecified atom stereocenters. The van der Waals surface area contributed by atoms with Crippen LogP contribution < -0.4 is 9.80 Å². The van der Waals surface area contributed by atoms with E-state index in [1.54, 1.807) is 25.5 Å². The zero-order valence-corrected chi connectivity index (χ0v) is 15.2. The Balaban J connectivity index is 1.71. The zero-order chi connectivity index (χ0) is 18.6. The number of hydrogen-bond donors (Lipinski definition) is 0. The van der Waals surface area contributed by atoms with Crippen molar-refractivity contribution >= 4 is 17.3 Å². The van der Waals surface area contributed by atoms with Crippen molar-refractivity contribution in [1.29, 1.82) is 0 Å². The number of carbonyl (C=O) groups excluding carboxylic acids is 1. The summed E-state index contributed by atoms with van der Waals surface area (Å²) in [7, 11) is 0. The molecule has 0 bridgehead atoms. The molecular weight excluding hydrogens is 338 g/mol. The number of anilines is 2. The van der Waals surface area contributed by atoms with Gasteiger partial charge in [0, 0.05) is 55.7 Å². The number of pyridine rings is 1. The van der Waals surface area contributed by atoms with Gasteiger partial charge >= 0.3 is 0 Å². The lowest BCUT2D eigenvalue weighted by atomic mass is 9.98. The van der Waals surface area contributed by atoms with E-state index in [1.807, 2.05) is 42.7 Å². The topological polar surface area (TPSA) is 62.2 Å². The van der Waals surface area contributed by atoms with Gasteiger partial charge in [-0.3, -0.25) is 14.8 Å². The lowest BCUT2D eigenvalue weighted by Gasteiger charge is -2.43. The smallest absolute Gasteiger partial charge is 0.159 e. The Morgan fingerprint density at radius 2 is 1.89 bits per heavy atom. The van der Waals surface area contributed by atoms with Gasteiger partial charge in [0.1, 0.15) is 5.82 Å². The predicted octanol–water partition coefficient (Wildman–Crippen LogP) is 3.14. The van der Waals surface area contributed by atoms with Crippen LogP contribution in [-0.4, -0.2) is 40.4 Å². The van der Waals surface area contributed by atoms with Crippen LogP contribution in [0.2, 0.25) is 0 Å². The first-order chi connectivity index (χ1) is 13.2. The molecule has 0 radical (unpaired) electrons. The third-order valence-corrected chi connectivity index (χ3v) is 4.93. The number of benzene rings is 1. The lowest BCUT2D eigenvalue weighted by molar-refractivity contribution is 0.101. The van der Waals surface area contributed by atoms with Gasteiger partial charge < -0.3 is 9.80 Å². The van der Waals surface area contributed by atoms with Crippen molar-refractivity contribution in [2.45, 2.75) is 13.0 Å². The van der Waals surface area contributed by atoms with Crippen molar-refractivity contribution < 1.29 is 4.79 Å². The van der Waals surface area contributed by atoms with Crippen LogP contribution in [0, 0.1) is 0 Å². The fraction of sp³-hybridized carbons (Fsp3) is 0.238. The van der Waals surface area contributed by atoms with Crippen LogP contribution in [0.3, 0.4) is 0 Å². The zero-order valence-electron chi connectivity index (χ0n) is 15.2. The summed E-state index contributed by atoms with van der Waals surface area (Å²) in [6.45, 7) is 4.09. The molecule has 0 spiro atoms. The van der Waals surface area contributed by atoms with E-state index in [2.05, 4.69) is 30.8 Å². The molecule has 3 heterocycles. The standard InChI is InChI=1S/C21H21N5O/c1-16(27)17-3-2-4-18(13-17)20-15-25(19-5-7-22-8-6-19)11-12-26(20)21-14-23-9-10-24-21/h2-10,13-14,20H,11-12,15H2,1H3. The van der Waals surface area contributed by atoms with Crippen LogP contribution >= 0.6 is 0 Å². The van der Waals surface area contributed by atoms with Crippen molar-refractivity contribution in [3.8, 4) is 0 Å². The maximum absolute atomic E-state index is 11.9. The highest BCUT2D eigenvalue weighted by molar-refractivity contribution is 5.94. The summed E-state index contributed by atoms with van der Waals surface area (Å²) in [5.41, 5.74) is 2.98. The van der Waals surface area contributed by atoms with E-state index < -0.39 is 0 Å². The van der Waals surface area contributed by atoms with Crippen molar-refractivity contribution in [1.82, 2.24) is 15.0 Å². The molecule has 1 aromatic carbocycles.